The van der Waals surface area contributed by atoms with E-state index in [4.69, 9.17) is 5.11 Å². The summed E-state index contributed by atoms with van der Waals surface area (Å²) in [6.45, 7) is 0. The molecule has 1 fully saturated rings. The van der Waals surface area contributed by atoms with Crippen molar-refractivity contribution in [1.82, 2.24) is 0 Å². The molecule has 0 radical (unpaired) electrons. The van der Waals surface area contributed by atoms with Crippen LogP contribution in [0.25, 0.3) is 0 Å². The van der Waals surface area contributed by atoms with Gasteiger partial charge in [-0.3, -0.25) is 5.32 Å². The van der Waals surface area contributed by atoms with Crippen LogP contribution in [-0.2, 0) is 5.60 Å². The summed E-state index contributed by atoms with van der Waals surface area (Å²) in [5, 5.41) is 20.7. The lowest BCUT2D eigenvalue weighted by atomic mass is 9.87. The Morgan fingerprint density at radius 2 is 1.79 bits per heavy atom. The number of rotatable bonds is 2. The van der Waals surface area contributed by atoms with Gasteiger partial charge < -0.3 is 10.2 Å². The Bertz CT molecular complexity index is 481. The largest absolute Gasteiger partial charge is 0.465 e. The minimum Gasteiger partial charge on any atom is -0.465 e. The smallest absolute Gasteiger partial charge is 0.409 e. The molecule has 1 saturated heterocycles. The monoisotopic (exact) mass is 289 g/mol. The summed E-state index contributed by atoms with van der Waals surface area (Å²) in [5.41, 5.74) is -2.08. The third-order valence-electron chi connectivity index (χ3n) is 3.08. The molecule has 0 aliphatic carbocycles. The number of thioether (sulfide) groups is 1. The van der Waals surface area contributed by atoms with E-state index in [1.165, 1.54) is 0 Å². The molecular weight excluding hydrogens is 276 g/mol. The summed E-state index contributed by atoms with van der Waals surface area (Å²) in [7, 11) is 0. The molecule has 1 heterocycles. The van der Waals surface area contributed by atoms with E-state index in [0.717, 1.165) is 12.1 Å². The number of amides is 1. The number of halogens is 2. The molecule has 1 aromatic rings. The first-order valence-corrected chi connectivity index (χ1v) is 6.87. The van der Waals surface area contributed by atoms with Gasteiger partial charge in [-0.1, -0.05) is 0 Å². The zero-order valence-electron chi connectivity index (χ0n) is 9.95. The van der Waals surface area contributed by atoms with Gasteiger partial charge in [-0.15, -0.1) is 0 Å². The molecule has 0 bridgehead atoms. The van der Waals surface area contributed by atoms with Gasteiger partial charge in [0.25, 0.3) is 0 Å². The highest BCUT2D eigenvalue weighted by atomic mass is 32.2. The highest BCUT2D eigenvalue weighted by Gasteiger charge is 2.36. The van der Waals surface area contributed by atoms with Gasteiger partial charge >= 0.3 is 6.09 Å². The number of benzene rings is 1. The molecule has 2 rings (SSSR count). The molecule has 1 aliphatic rings. The Hall–Kier alpha value is -1.34. The number of carboxylic acid groups (broad SMARTS) is 1. The van der Waals surface area contributed by atoms with Crippen molar-refractivity contribution in [3.05, 3.63) is 29.3 Å². The normalized spacial score (nSPS) is 18.1. The molecule has 19 heavy (non-hydrogen) atoms. The third-order valence-corrected chi connectivity index (χ3v) is 4.06. The van der Waals surface area contributed by atoms with Crippen molar-refractivity contribution < 1.29 is 23.8 Å². The molecule has 0 atom stereocenters. The SMILES string of the molecule is O=C(O)Nc1cc(F)c(C2(O)CCSCC2)c(F)c1. The number of nitrogens with one attached hydrogen (secondary N) is 1. The van der Waals surface area contributed by atoms with Crippen molar-refractivity contribution in [1.29, 1.82) is 0 Å². The van der Waals surface area contributed by atoms with Gasteiger partial charge in [-0.25, -0.2) is 13.6 Å². The highest BCUT2D eigenvalue weighted by Crippen LogP contribution is 2.39. The van der Waals surface area contributed by atoms with Crippen LogP contribution in [0.4, 0.5) is 19.3 Å². The molecule has 104 valence electrons. The third kappa shape index (κ3) is 2.98. The first kappa shape index (κ1) is 14.1. The lowest BCUT2D eigenvalue weighted by Gasteiger charge is -2.32. The summed E-state index contributed by atoms with van der Waals surface area (Å²) in [4.78, 5) is 10.4. The second-order valence-corrected chi connectivity index (χ2v) is 5.61. The van der Waals surface area contributed by atoms with Crippen LogP contribution in [-0.4, -0.2) is 27.8 Å². The van der Waals surface area contributed by atoms with Gasteiger partial charge in [0, 0.05) is 5.69 Å². The van der Waals surface area contributed by atoms with E-state index in [1.54, 1.807) is 11.8 Å². The first-order valence-electron chi connectivity index (χ1n) is 5.72. The van der Waals surface area contributed by atoms with Gasteiger partial charge in [0.1, 0.15) is 11.6 Å². The van der Waals surface area contributed by atoms with Crippen LogP contribution >= 0.6 is 11.8 Å². The van der Waals surface area contributed by atoms with Crippen LogP contribution in [0.15, 0.2) is 12.1 Å². The quantitative estimate of drug-likeness (QED) is 0.783. The van der Waals surface area contributed by atoms with E-state index in [2.05, 4.69) is 0 Å². The van der Waals surface area contributed by atoms with Crippen LogP contribution in [0.3, 0.4) is 0 Å². The highest BCUT2D eigenvalue weighted by molar-refractivity contribution is 7.99. The van der Waals surface area contributed by atoms with Crippen LogP contribution in [0, 0.1) is 11.6 Å². The Morgan fingerprint density at radius 1 is 1.26 bits per heavy atom. The molecule has 0 unspecified atom stereocenters. The Labute approximate surface area is 112 Å². The molecule has 1 amide bonds. The minimum absolute atomic E-state index is 0.194. The van der Waals surface area contributed by atoms with Crippen molar-refractivity contribution in [3.63, 3.8) is 0 Å². The molecule has 1 aromatic carbocycles. The van der Waals surface area contributed by atoms with Gasteiger partial charge in [0.2, 0.25) is 0 Å². The number of hydrogen-bond donors (Lipinski definition) is 3. The molecule has 3 N–H and O–H groups in total. The molecule has 1 aliphatic heterocycles. The zero-order valence-corrected chi connectivity index (χ0v) is 10.8. The Kier molecular flexibility index (Phi) is 3.96. The van der Waals surface area contributed by atoms with Gasteiger partial charge in [-0.2, -0.15) is 11.8 Å². The van der Waals surface area contributed by atoms with Gasteiger partial charge in [0.15, 0.2) is 0 Å². The van der Waals surface area contributed by atoms with Gasteiger partial charge in [0.05, 0.1) is 11.2 Å². The zero-order chi connectivity index (χ0) is 14.0. The minimum atomic E-state index is -1.51. The standard InChI is InChI=1S/C12H13F2NO3S/c13-8-5-7(15-11(16)17)6-9(14)10(8)12(18)1-3-19-4-2-12/h5-6,15,18H,1-4H2,(H,16,17). The molecule has 0 aromatic heterocycles. The van der Waals surface area contributed by atoms with Gasteiger partial charge in [-0.05, 0) is 36.5 Å². The lowest BCUT2D eigenvalue weighted by molar-refractivity contribution is 0.0209. The van der Waals surface area contributed by atoms with Crippen molar-refractivity contribution >= 4 is 23.5 Å². The van der Waals surface area contributed by atoms with E-state index in [1.807, 2.05) is 5.32 Å². The molecule has 7 heteroatoms. The maximum atomic E-state index is 14.0. The Balaban J connectivity index is 2.38. The van der Waals surface area contributed by atoms with Crippen LogP contribution in [0.1, 0.15) is 18.4 Å². The maximum absolute atomic E-state index is 14.0. The van der Waals surface area contributed by atoms with E-state index >= 15 is 0 Å². The van der Waals surface area contributed by atoms with E-state index in [9.17, 15) is 18.7 Å². The summed E-state index contributed by atoms with van der Waals surface area (Å²) in [6, 6.07) is 1.76. The fourth-order valence-electron chi connectivity index (χ4n) is 2.17. The Morgan fingerprint density at radius 3 is 2.26 bits per heavy atom. The number of carbonyl (C=O) groups is 1. The fourth-order valence-corrected chi connectivity index (χ4v) is 3.34. The van der Waals surface area contributed by atoms with E-state index in [0.29, 0.717) is 11.5 Å². The molecule has 4 nitrogen and oxygen atoms in total. The van der Waals surface area contributed by atoms with E-state index in [-0.39, 0.29) is 24.1 Å². The molecular formula is C12H13F2NO3S. The summed E-state index contributed by atoms with van der Waals surface area (Å²) < 4.78 is 27.9. The van der Waals surface area contributed by atoms with Crippen molar-refractivity contribution in [2.24, 2.45) is 0 Å². The predicted octanol–water partition coefficient (Wildman–Crippen LogP) is 2.77. The number of anilines is 1. The van der Waals surface area contributed by atoms with Crippen molar-refractivity contribution in [2.45, 2.75) is 18.4 Å². The average molecular weight is 289 g/mol. The average Bonchev–Trinajstić information content (AvgIpc) is 2.27. The second-order valence-electron chi connectivity index (χ2n) is 4.39. The van der Waals surface area contributed by atoms with Crippen molar-refractivity contribution in [2.75, 3.05) is 16.8 Å². The van der Waals surface area contributed by atoms with Crippen LogP contribution in [0.2, 0.25) is 0 Å². The fraction of sp³-hybridized carbons (Fsp3) is 0.417. The molecule has 0 spiro atoms. The van der Waals surface area contributed by atoms with Crippen LogP contribution < -0.4 is 5.32 Å². The maximum Gasteiger partial charge on any atom is 0.409 e. The number of aliphatic hydroxyl groups is 1. The summed E-state index contributed by atoms with van der Waals surface area (Å²) in [6.07, 6.45) is -0.853. The van der Waals surface area contributed by atoms with E-state index < -0.39 is 23.3 Å². The molecule has 0 saturated carbocycles. The van der Waals surface area contributed by atoms with Crippen LogP contribution in [0.5, 0.6) is 0 Å². The predicted molar refractivity (Wildman–Crippen MR) is 68.5 cm³/mol. The summed E-state index contributed by atoms with van der Waals surface area (Å²) >= 11 is 1.62. The topological polar surface area (TPSA) is 69.6 Å². The lowest BCUT2D eigenvalue weighted by Crippen LogP contribution is -2.33. The number of hydrogen-bond acceptors (Lipinski definition) is 3. The summed E-state index contributed by atoms with van der Waals surface area (Å²) in [5.74, 6) is -0.606. The first-order chi connectivity index (χ1) is 8.92. The van der Waals surface area contributed by atoms with Crippen molar-refractivity contribution in [3.8, 4) is 0 Å². The second kappa shape index (κ2) is 5.34.